The second-order valence-corrected chi connectivity index (χ2v) is 5.46. The Labute approximate surface area is 107 Å². The van der Waals surface area contributed by atoms with Crippen molar-refractivity contribution in [1.29, 1.82) is 0 Å². The normalized spacial score (nSPS) is 15.8. The third-order valence-electron chi connectivity index (χ3n) is 2.80. The summed E-state index contributed by atoms with van der Waals surface area (Å²) in [5, 5.41) is 0. The van der Waals surface area contributed by atoms with Crippen molar-refractivity contribution in [2.45, 2.75) is 39.2 Å². The summed E-state index contributed by atoms with van der Waals surface area (Å²) in [4.78, 5) is 22.0. The molecule has 1 aliphatic rings. The van der Waals surface area contributed by atoms with Gasteiger partial charge in [-0.25, -0.2) is 14.8 Å². The van der Waals surface area contributed by atoms with Crippen LogP contribution >= 0.6 is 0 Å². The van der Waals surface area contributed by atoms with Crippen molar-refractivity contribution in [2.24, 2.45) is 0 Å². The van der Waals surface area contributed by atoms with Gasteiger partial charge in [0.1, 0.15) is 11.9 Å². The molecule has 1 aromatic heterocycles. The zero-order chi connectivity index (χ0) is 13.2. The maximum Gasteiger partial charge on any atom is 0.410 e. The van der Waals surface area contributed by atoms with Gasteiger partial charge in [-0.15, -0.1) is 0 Å². The summed E-state index contributed by atoms with van der Waals surface area (Å²) >= 11 is 0. The van der Waals surface area contributed by atoms with Gasteiger partial charge >= 0.3 is 6.09 Å². The van der Waals surface area contributed by atoms with E-state index in [1.54, 1.807) is 11.2 Å². The minimum Gasteiger partial charge on any atom is -0.444 e. The molecule has 5 nitrogen and oxygen atoms in total. The summed E-state index contributed by atoms with van der Waals surface area (Å²) in [5.41, 5.74) is 1.72. The van der Waals surface area contributed by atoms with Crippen LogP contribution in [0.1, 0.15) is 32.0 Å². The molecular weight excluding hydrogens is 230 g/mol. The topological polar surface area (TPSA) is 55.3 Å². The van der Waals surface area contributed by atoms with Crippen molar-refractivity contribution in [2.75, 3.05) is 13.1 Å². The van der Waals surface area contributed by atoms with Crippen LogP contribution in [0.4, 0.5) is 4.79 Å². The quantitative estimate of drug-likeness (QED) is 0.703. The second kappa shape index (κ2) is 4.92. The predicted molar refractivity (Wildman–Crippen MR) is 67.2 cm³/mol. The fraction of sp³-hybridized carbons (Fsp3) is 0.615. The molecule has 2 rings (SSSR count). The first-order valence-electron chi connectivity index (χ1n) is 6.21. The first kappa shape index (κ1) is 12.8. The number of aromatic nitrogens is 2. The number of hydrogen-bond donors (Lipinski definition) is 0. The van der Waals surface area contributed by atoms with Crippen molar-refractivity contribution in [3.05, 3.63) is 23.8 Å². The lowest BCUT2D eigenvalue weighted by Crippen LogP contribution is -2.38. The van der Waals surface area contributed by atoms with E-state index in [1.165, 1.54) is 0 Å². The van der Waals surface area contributed by atoms with Crippen molar-refractivity contribution in [3.63, 3.8) is 0 Å². The lowest BCUT2D eigenvalue weighted by molar-refractivity contribution is 0.0258. The van der Waals surface area contributed by atoms with Crippen LogP contribution in [0, 0.1) is 0 Å². The number of ether oxygens (including phenoxy) is 1. The maximum absolute atomic E-state index is 12.0. The SMILES string of the molecule is CC(C)(C)OC(=O)N1CCc2cncnc2CC1. The summed E-state index contributed by atoms with van der Waals surface area (Å²) < 4.78 is 5.38. The molecule has 5 heteroatoms. The van der Waals surface area contributed by atoms with Crippen LogP contribution in [0.2, 0.25) is 0 Å². The van der Waals surface area contributed by atoms with Crippen molar-refractivity contribution >= 4 is 6.09 Å². The molecule has 1 amide bonds. The Balaban J connectivity index is 2.02. The van der Waals surface area contributed by atoms with E-state index in [2.05, 4.69) is 9.97 Å². The van der Waals surface area contributed by atoms with E-state index < -0.39 is 5.60 Å². The lowest BCUT2D eigenvalue weighted by atomic mass is 10.1. The van der Waals surface area contributed by atoms with Gasteiger partial charge in [0.05, 0.1) is 0 Å². The Kier molecular flexibility index (Phi) is 3.50. The average molecular weight is 249 g/mol. The first-order chi connectivity index (χ1) is 8.46. The van der Waals surface area contributed by atoms with Gasteiger partial charge in [0, 0.05) is 31.4 Å². The Hall–Kier alpha value is -1.65. The number of carbonyl (C=O) groups is 1. The molecule has 1 aliphatic heterocycles. The predicted octanol–water partition coefficient (Wildman–Crippen LogP) is 1.81. The zero-order valence-corrected chi connectivity index (χ0v) is 11.1. The molecule has 0 unspecified atom stereocenters. The number of carbonyl (C=O) groups excluding carboxylic acids is 1. The highest BCUT2D eigenvalue weighted by atomic mass is 16.6. The molecule has 0 radical (unpaired) electrons. The summed E-state index contributed by atoms with van der Waals surface area (Å²) in [6.07, 6.45) is 4.69. The number of fused-ring (bicyclic) bond motifs is 1. The molecule has 0 spiro atoms. The van der Waals surface area contributed by atoms with E-state index in [0.29, 0.717) is 13.1 Å². The molecule has 0 aliphatic carbocycles. The standard InChI is InChI=1S/C13H19N3O2/c1-13(2,3)18-12(17)16-6-4-10-8-14-9-15-11(10)5-7-16/h8-9H,4-7H2,1-3H3. The van der Waals surface area contributed by atoms with E-state index in [-0.39, 0.29) is 6.09 Å². The monoisotopic (exact) mass is 249 g/mol. The van der Waals surface area contributed by atoms with E-state index in [4.69, 9.17) is 4.74 Å². The summed E-state index contributed by atoms with van der Waals surface area (Å²) in [6.45, 7) is 6.95. The smallest absolute Gasteiger partial charge is 0.410 e. The third-order valence-corrected chi connectivity index (χ3v) is 2.80. The number of hydrogen-bond acceptors (Lipinski definition) is 4. The van der Waals surface area contributed by atoms with Gasteiger partial charge in [-0.3, -0.25) is 0 Å². The van der Waals surface area contributed by atoms with Crippen LogP contribution in [0.25, 0.3) is 0 Å². The molecule has 0 saturated heterocycles. The van der Waals surface area contributed by atoms with Gasteiger partial charge in [0.2, 0.25) is 0 Å². The van der Waals surface area contributed by atoms with E-state index in [1.807, 2.05) is 27.0 Å². The van der Waals surface area contributed by atoms with E-state index >= 15 is 0 Å². The van der Waals surface area contributed by atoms with Gasteiger partial charge in [-0.1, -0.05) is 0 Å². The average Bonchev–Trinajstić information content (AvgIpc) is 2.49. The summed E-state index contributed by atoms with van der Waals surface area (Å²) in [6, 6.07) is 0. The van der Waals surface area contributed by atoms with E-state index in [9.17, 15) is 4.79 Å². The summed E-state index contributed by atoms with van der Waals surface area (Å²) in [5.74, 6) is 0. The van der Waals surface area contributed by atoms with Crippen LogP contribution in [0.15, 0.2) is 12.5 Å². The molecule has 0 aromatic carbocycles. The lowest BCUT2D eigenvalue weighted by Gasteiger charge is -2.26. The molecule has 2 heterocycles. The van der Waals surface area contributed by atoms with Crippen LogP contribution in [-0.4, -0.2) is 39.7 Å². The molecule has 0 fully saturated rings. The van der Waals surface area contributed by atoms with Crippen LogP contribution in [0.3, 0.4) is 0 Å². The van der Waals surface area contributed by atoms with Gasteiger partial charge in [0.15, 0.2) is 0 Å². The van der Waals surface area contributed by atoms with Crippen molar-refractivity contribution in [1.82, 2.24) is 14.9 Å². The fourth-order valence-corrected chi connectivity index (χ4v) is 1.93. The highest BCUT2D eigenvalue weighted by Crippen LogP contribution is 2.15. The van der Waals surface area contributed by atoms with Gasteiger partial charge in [-0.2, -0.15) is 0 Å². The minimum absolute atomic E-state index is 0.247. The van der Waals surface area contributed by atoms with Crippen LogP contribution < -0.4 is 0 Å². The first-order valence-corrected chi connectivity index (χ1v) is 6.21. The van der Waals surface area contributed by atoms with Gasteiger partial charge < -0.3 is 9.64 Å². The Morgan fingerprint density at radius 1 is 1.33 bits per heavy atom. The molecule has 1 aromatic rings. The minimum atomic E-state index is -0.448. The maximum atomic E-state index is 12.0. The summed E-state index contributed by atoms with van der Waals surface area (Å²) in [7, 11) is 0. The van der Waals surface area contributed by atoms with Crippen LogP contribution in [-0.2, 0) is 17.6 Å². The Morgan fingerprint density at radius 2 is 2.06 bits per heavy atom. The zero-order valence-electron chi connectivity index (χ0n) is 11.1. The highest BCUT2D eigenvalue weighted by molar-refractivity contribution is 5.68. The van der Waals surface area contributed by atoms with Crippen molar-refractivity contribution < 1.29 is 9.53 Å². The van der Waals surface area contributed by atoms with Crippen LogP contribution in [0.5, 0.6) is 0 Å². The Bertz CT molecular complexity index is 413. The largest absolute Gasteiger partial charge is 0.444 e. The number of nitrogens with zero attached hydrogens (tertiary/aromatic N) is 3. The molecule has 98 valence electrons. The van der Waals surface area contributed by atoms with Gasteiger partial charge in [-0.05, 0) is 32.8 Å². The molecule has 0 atom stereocenters. The Morgan fingerprint density at radius 3 is 2.78 bits per heavy atom. The number of amides is 1. The fourth-order valence-electron chi connectivity index (χ4n) is 1.93. The molecule has 0 N–H and O–H groups in total. The number of rotatable bonds is 0. The van der Waals surface area contributed by atoms with Gasteiger partial charge in [0.25, 0.3) is 0 Å². The second-order valence-electron chi connectivity index (χ2n) is 5.46. The van der Waals surface area contributed by atoms with E-state index in [0.717, 1.165) is 24.1 Å². The molecule has 18 heavy (non-hydrogen) atoms. The molecular formula is C13H19N3O2. The third kappa shape index (κ3) is 3.18. The molecule has 0 saturated carbocycles. The highest BCUT2D eigenvalue weighted by Gasteiger charge is 2.24. The van der Waals surface area contributed by atoms with Crippen molar-refractivity contribution in [3.8, 4) is 0 Å². The molecule has 0 bridgehead atoms.